The molecule has 0 bridgehead atoms. The Balaban J connectivity index is 2.42. The molecule has 2 rings (SSSR count). The first-order chi connectivity index (χ1) is 5.27. The molecular formula is C6H7N3O2. The van der Waals surface area contributed by atoms with Gasteiger partial charge in [-0.25, -0.2) is 4.68 Å². The van der Waals surface area contributed by atoms with Crippen molar-refractivity contribution in [3.63, 3.8) is 0 Å². The summed E-state index contributed by atoms with van der Waals surface area (Å²) in [6.07, 6.45) is 0. The van der Waals surface area contributed by atoms with E-state index in [4.69, 9.17) is 10.5 Å². The number of amides is 1. The summed E-state index contributed by atoms with van der Waals surface area (Å²) >= 11 is 0. The quantitative estimate of drug-likeness (QED) is 0.584. The van der Waals surface area contributed by atoms with Gasteiger partial charge in [-0.2, -0.15) is 5.10 Å². The Hall–Kier alpha value is -1.52. The van der Waals surface area contributed by atoms with Crippen LogP contribution in [0.25, 0.3) is 0 Å². The lowest BCUT2D eigenvalue weighted by Gasteiger charge is -1.87. The minimum atomic E-state index is -0.518. The highest BCUT2D eigenvalue weighted by Crippen LogP contribution is 2.17. The number of carbonyl (C=O) groups excluding carboxylic acids is 1. The van der Waals surface area contributed by atoms with Crippen LogP contribution in [-0.2, 0) is 6.54 Å². The molecule has 58 valence electrons. The van der Waals surface area contributed by atoms with Gasteiger partial charge in [-0.3, -0.25) is 4.79 Å². The van der Waals surface area contributed by atoms with E-state index in [1.54, 1.807) is 10.7 Å². The van der Waals surface area contributed by atoms with Crippen LogP contribution in [0.1, 0.15) is 10.5 Å². The van der Waals surface area contributed by atoms with Crippen molar-refractivity contribution in [2.75, 3.05) is 6.61 Å². The zero-order valence-corrected chi connectivity index (χ0v) is 5.78. The molecule has 1 aliphatic rings. The lowest BCUT2D eigenvalue weighted by molar-refractivity contribution is 0.0994. The molecule has 0 aromatic carbocycles. The summed E-state index contributed by atoms with van der Waals surface area (Å²) in [5.41, 5.74) is 5.27. The monoisotopic (exact) mass is 153 g/mol. The topological polar surface area (TPSA) is 70.1 Å². The van der Waals surface area contributed by atoms with Crippen LogP contribution in [0.2, 0.25) is 0 Å². The summed E-state index contributed by atoms with van der Waals surface area (Å²) in [5.74, 6) is 0.106. The van der Waals surface area contributed by atoms with Crippen molar-refractivity contribution in [1.29, 1.82) is 0 Å². The molecule has 2 heterocycles. The van der Waals surface area contributed by atoms with Gasteiger partial charge in [0.1, 0.15) is 6.61 Å². The first-order valence-corrected chi connectivity index (χ1v) is 3.28. The third-order valence-corrected chi connectivity index (χ3v) is 1.55. The molecule has 1 aromatic heterocycles. The van der Waals surface area contributed by atoms with Crippen LogP contribution in [0.5, 0.6) is 5.88 Å². The summed E-state index contributed by atoms with van der Waals surface area (Å²) in [4.78, 5) is 10.6. The van der Waals surface area contributed by atoms with Crippen molar-refractivity contribution in [1.82, 2.24) is 9.78 Å². The van der Waals surface area contributed by atoms with E-state index in [0.29, 0.717) is 19.0 Å². The highest BCUT2D eigenvalue weighted by molar-refractivity contribution is 5.91. The Labute approximate surface area is 62.7 Å². The number of hydrogen-bond acceptors (Lipinski definition) is 3. The fourth-order valence-electron chi connectivity index (χ4n) is 1.03. The second-order valence-electron chi connectivity index (χ2n) is 2.30. The van der Waals surface area contributed by atoms with Crippen LogP contribution in [0.3, 0.4) is 0 Å². The van der Waals surface area contributed by atoms with E-state index >= 15 is 0 Å². The molecular weight excluding hydrogens is 146 g/mol. The van der Waals surface area contributed by atoms with Crippen molar-refractivity contribution < 1.29 is 9.53 Å². The molecule has 0 spiro atoms. The standard InChI is InChI=1S/C6H7N3O2/c7-6(10)4-3-5-9(8-4)1-2-11-5/h3H,1-2H2,(H2,7,10). The molecule has 0 saturated heterocycles. The van der Waals surface area contributed by atoms with Gasteiger partial charge in [0.2, 0.25) is 5.88 Å². The van der Waals surface area contributed by atoms with E-state index in [-0.39, 0.29) is 5.69 Å². The number of primary amides is 1. The molecule has 1 amide bonds. The summed E-state index contributed by atoms with van der Waals surface area (Å²) in [7, 11) is 0. The third kappa shape index (κ3) is 0.849. The third-order valence-electron chi connectivity index (χ3n) is 1.55. The van der Waals surface area contributed by atoms with Crippen LogP contribution < -0.4 is 10.5 Å². The molecule has 2 N–H and O–H groups in total. The predicted octanol–water partition coefficient (Wildman–Crippen LogP) is -0.626. The number of ether oxygens (including phenoxy) is 1. The van der Waals surface area contributed by atoms with E-state index in [0.717, 1.165) is 0 Å². The van der Waals surface area contributed by atoms with Gasteiger partial charge in [0.15, 0.2) is 5.69 Å². The van der Waals surface area contributed by atoms with Crippen LogP contribution in [0.4, 0.5) is 0 Å². The number of hydrogen-bond donors (Lipinski definition) is 1. The average molecular weight is 153 g/mol. The van der Waals surface area contributed by atoms with Gasteiger partial charge in [-0.1, -0.05) is 0 Å². The molecule has 0 saturated carbocycles. The highest BCUT2D eigenvalue weighted by atomic mass is 16.5. The fraction of sp³-hybridized carbons (Fsp3) is 0.333. The zero-order chi connectivity index (χ0) is 7.84. The second kappa shape index (κ2) is 1.98. The van der Waals surface area contributed by atoms with Crippen LogP contribution in [-0.4, -0.2) is 22.3 Å². The van der Waals surface area contributed by atoms with Gasteiger partial charge in [-0.05, 0) is 0 Å². The number of nitrogens with two attached hydrogens (primary N) is 1. The number of fused-ring (bicyclic) bond motifs is 1. The van der Waals surface area contributed by atoms with Crippen molar-refractivity contribution >= 4 is 5.91 Å². The summed E-state index contributed by atoms with van der Waals surface area (Å²) in [5, 5.41) is 3.91. The molecule has 5 nitrogen and oxygen atoms in total. The van der Waals surface area contributed by atoms with E-state index < -0.39 is 5.91 Å². The minimum Gasteiger partial charge on any atom is -0.476 e. The summed E-state index contributed by atoms with van der Waals surface area (Å²) in [6, 6.07) is 1.55. The SMILES string of the molecule is NC(=O)c1cc2n(n1)CCO2. The largest absolute Gasteiger partial charge is 0.476 e. The molecule has 0 aliphatic carbocycles. The molecule has 5 heteroatoms. The zero-order valence-electron chi connectivity index (χ0n) is 5.78. The van der Waals surface area contributed by atoms with Crippen LogP contribution in [0, 0.1) is 0 Å². The Bertz CT molecular complexity index is 283. The fourth-order valence-corrected chi connectivity index (χ4v) is 1.03. The normalized spacial score (nSPS) is 14.2. The molecule has 1 aromatic rings. The molecule has 0 unspecified atom stereocenters. The Morgan fingerprint density at radius 1 is 1.82 bits per heavy atom. The van der Waals surface area contributed by atoms with Gasteiger partial charge in [0, 0.05) is 6.07 Å². The molecule has 1 aliphatic heterocycles. The Morgan fingerprint density at radius 2 is 2.64 bits per heavy atom. The van der Waals surface area contributed by atoms with Crippen molar-refractivity contribution in [2.24, 2.45) is 5.73 Å². The van der Waals surface area contributed by atoms with E-state index in [1.807, 2.05) is 0 Å². The van der Waals surface area contributed by atoms with Crippen LogP contribution in [0.15, 0.2) is 6.07 Å². The van der Waals surface area contributed by atoms with Gasteiger partial charge < -0.3 is 10.5 Å². The van der Waals surface area contributed by atoms with E-state index in [1.165, 1.54) is 0 Å². The molecule has 0 fully saturated rings. The first-order valence-electron chi connectivity index (χ1n) is 3.28. The maximum absolute atomic E-state index is 10.6. The van der Waals surface area contributed by atoms with Crippen molar-refractivity contribution in [2.45, 2.75) is 6.54 Å². The molecule has 11 heavy (non-hydrogen) atoms. The molecule has 0 radical (unpaired) electrons. The van der Waals surface area contributed by atoms with Gasteiger partial charge in [0.05, 0.1) is 6.54 Å². The maximum atomic E-state index is 10.6. The highest BCUT2D eigenvalue weighted by Gasteiger charge is 2.16. The minimum absolute atomic E-state index is 0.264. The summed E-state index contributed by atoms with van der Waals surface area (Å²) < 4.78 is 6.75. The molecule has 0 atom stereocenters. The average Bonchev–Trinajstić information content (AvgIpc) is 2.40. The maximum Gasteiger partial charge on any atom is 0.269 e. The van der Waals surface area contributed by atoms with Crippen molar-refractivity contribution in [3.05, 3.63) is 11.8 Å². The van der Waals surface area contributed by atoms with Gasteiger partial charge in [0.25, 0.3) is 5.91 Å². The summed E-state index contributed by atoms with van der Waals surface area (Å²) in [6.45, 7) is 1.32. The van der Waals surface area contributed by atoms with E-state index in [2.05, 4.69) is 5.10 Å². The van der Waals surface area contributed by atoms with E-state index in [9.17, 15) is 4.79 Å². The number of carbonyl (C=O) groups is 1. The van der Waals surface area contributed by atoms with Crippen LogP contribution >= 0.6 is 0 Å². The number of rotatable bonds is 1. The Morgan fingerprint density at radius 3 is 3.27 bits per heavy atom. The van der Waals surface area contributed by atoms with Crippen molar-refractivity contribution in [3.8, 4) is 5.88 Å². The lowest BCUT2D eigenvalue weighted by atomic mass is 10.4. The smallest absolute Gasteiger partial charge is 0.269 e. The first kappa shape index (κ1) is 6.21. The number of nitrogens with zero attached hydrogens (tertiary/aromatic N) is 2. The lowest BCUT2D eigenvalue weighted by Crippen LogP contribution is -2.12. The second-order valence-corrected chi connectivity index (χ2v) is 2.30. The Kier molecular flexibility index (Phi) is 1.12. The van der Waals surface area contributed by atoms with Gasteiger partial charge >= 0.3 is 0 Å². The van der Waals surface area contributed by atoms with Gasteiger partial charge in [-0.15, -0.1) is 0 Å². The number of aromatic nitrogens is 2. The predicted molar refractivity (Wildman–Crippen MR) is 36.2 cm³/mol.